The zero-order valence-electron chi connectivity index (χ0n) is 10.7. The Hall–Kier alpha value is -2.77. The van der Waals surface area contributed by atoms with Crippen LogP contribution in [-0.4, -0.2) is 12.2 Å². The molecule has 1 N–H and O–H groups in total. The van der Waals surface area contributed by atoms with Crippen molar-refractivity contribution in [3.8, 4) is 11.5 Å². The minimum absolute atomic E-state index is 0.0210. The van der Waals surface area contributed by atoms with Gasteiger partial charge in [0.25, 0.3) is 5.91 Å². The Bertz CT molecular complexity index is 743. The summed E-state index contributed by atoms with van der Waals surface area (Å²) in [5.41, 5.74) is -0.752. The van der Waals surface area contributed by atoms with Crippen LogP contribution in [-0.2, 0) is 0 Å². The molecule has 4 nitrogen and oxygen atoms in total. The average molecular weight is 313 g/mol. The molecule has 2 aromatic rings. The molecular weight excluding hydrogens is 306 g/mol. The van der Waals surface area contributed by atoms with Gasteiger partial charge in [-0.25, -0.2) is 8.78 Å². The van der Waals surface area contributed by atoms with Crippen LogP contribution >= 0.6 is 0 Å². The van der Waals surface area contributed by atoms with Crippen LogP contribution in [0.25, 0.3) is 0 Å². The fourth-order valence-corrected chi connectivity index (χ4v) is 1.94. The van der Waals surface area contributed by atoms with E-state index in [1.807, 2.05) is 0 Å². The summed E-state index contributed by atoms with van der Waals surface area (Å²) in [5.74, 6) is -3.63. The number of fused-ring (bicyclic) bond motifs is 1. The molecule has 0 fully saturated rings. The zero-order chi connectivity index (χ0) is 15.9. The summed E-state index contributed by atoms with van der Waals surface area (Å²) in [5, 5.41) is 2.20. The fourth-order valence-electron chi connectivity index (χ4n) is 1.94. The second kappa shape index (κ2) is 4.90. The van der Waals surface area contributed by atoms with E-state index in [4.69, 9.17) is 0 Å². The molecule has 0 spiro atoms. The number of carbonyl (C=O) groups is 1. The van der Waals surface area contributed by atoms with E-state index in [-0.39, 0.29) is 17.2 Å². The molecule has 22 heavy (non-hydrogen) atoms. The largest absolute Gasteiger partial charge is 0.586 e. The first kappa shape index (κ1) is 14.2. The quantitative estimate of drug-likeness (QED) is 0.863. The molecule has 1 heterocycles. The Labute approximate surface area is 121 Å². The summed E-state index contributed by atoms with van der Waals surface area (Å²) >= 11 is 0. The van der Waals surface area contributed by atoms with E-state index in [2.05, 4.69) is 14.8 Å². The van der Waals surface area contributed by atoms with E-state index in [1.54, 1.807) is 0 Å². The van der Waals surface area contributed by atoms with Crippen molar-refractivity contribution >= 4 is 11.6 Å². The number of anilines is 1. The van der Waals surface area contributed by atoms with Crippen LogP contribution in [0.4, 0.5) is 23.2 Å². The van der Waals surface area contributed by atoms with Gasteiger partial charge in [-0.2, -0.15) is 0 Å². The smallest absolute Gasteiger partial charge is 0.395 e. The summed E-state index contributed by atoms with van der Waals surface area (Å²) in [4.78, 5) is 11.9. The molecule has 0 aromatic heterocycles. The SMILES string of the molecule is O=C(Nc1ccc2c(c1)OC(F)(F)O2)c1c(F)cccc1F. The zero-order valence-corrected chi connectivity index (χ0v) is 10.7. The molecule has 1 aliphatic heterocycles. The number of hydrogen-bond acceptors (Lipinski definition) is 3. The number of alkyl halides is 2. The molecule has 0 aliphatic carbocycles. The first-order valence-electron chi connectivity index (χ1n) is 6.01. The Kier molecular flexibility index (Phi) is 3.16. The van der Waals surface area contributed by atoms with Crippen LogP contribution in [0.3, 0.4) is 0 Å². The van der Waals surface area contributed by atoms with Crippen molar-refractivity contribution < 1.29 is 31.8 Å². The summed E-state index contributed by atoms with van der Waals surface area (Å²) in [6, 6.07) is 6.41. The lowest BCUT2D eigenvalue weighted by Crippen LogP contribution is -2.25. The predicted octanol–water partition coefficient (Wildman–Crippen LogP) is 3.54. The number of rotatable bonds is 2. The van der Waals surface area contributed by atoms with Crippen LogP contribution in [0, 0.1) is 11.6 Å². The number of halogens is 4. The summed E-state index contributed by atoms with van der Waals surface area (Å²) in [7, 11) is 0. The van der Waals surface area contributed by atoms with E-state index in [0.717, 1.165) is 30.3 Å². The highest BCUT2D eigenvalue weighted by Crippen LogP contribution is 2.42. The number of benzene rings is 2. The van der Waals surface area contributed by atoms with Gasteiger partial charge in [0.05, 0.1) is 0 Å². The highest BCUT2D eigenvalue weighted by Gasteiger charge is 2.43. The van der Waals surface area contributed by atoms with Gasteiger partial charge < -0.3 is 14.8 Å². The van der Waals surface area contributed by atoms with Gasteiger partial charge in [-0.15, -0.1) is 8.78 Å². The molecule has 3 rings (SSSR count). The van der Waals surface area contributed by atoms with Gasteiger partial charge in [0.15, 0.2) is 11.5 Å². The van der Waals surface area contributed by atoms with Crippen molar-refractivity contribution in [1.82, 2.24) is 0 Å². The van der Waals surface area contributed by atoms with E-state index < -0.39 is 29.4 Å². The molecule has 0 atom stereocenters. The monoisotopic (exact) mass is 313 g/mol. The van der Waals surface area contributed by atoms with E-state index in [1.165, 1.54) is 6.07 Å². The average Bonchev–Trinajstić information content (AvgIpc) is 2.71. The normalized spacial score (nSPS) is 14.7. The van der Waals surface area contributed by atoms with Gasteiger partial charge in [0.2, 0.25) is 0 Å². The second-order valence-electron chi connectivity index (χ2n) is 4.38. The number of amides is 1. The predicted molar refractivity (Wildman–Crippen MR) is 67.0 cm³/mol. The van der Waals surface area contributed by atoms with Gasteiger partial charge in [-0.1, -0.05) is 6.07 Å². The summed E-state index contributed by atoms with van der Waals surface area (Å²) in [6.45, 7) is 0. The second-order valence-corrected chi connectivity index (χ2v) is 4.38. The standard InChI is InChI=1S/C14H7F4NO3/c15-8-2-1-3-9(16)12(8)13(20)19-7-4-5-10-11(6-7)22-14(17,18)21-10/h1-6H,(H,19,20). The van der Waals surface area contributed by atoms with E-state index >= 15 is 0 Å². The molecule has 0 bridgehead atoms. The van der Waals surface area contributed by atoms with Crippen molar-refractivity contribution in [2.45, 2.75) is 6.29 Å². The maximum absolute atomic E-state index is 13.5. The van der Waals surface area contributed by atoms with Gasteiger partial charge in [-0.3, -0.25) is 4.79 Å². The molecule has 114 valence electrons. The molecule has 0 saturated carbocycles. The van der Waals surface area contributed by atoms with Crippen molar-refractivity contribution in [3.63, 3.8) is 0 Å². The van der Waals surface area contributed by atoms with E-state index in [9.17, 15) is 22.4 Å². The van der Waals surface area contributed by atoms with Gasteiger partial charge in [0.1, 0.15) is 17.2 Å². The Morgan fingerprint density at radius 2 is 1.64 bits per heavy atom. The molecule has 0 radical (unpaired) electrons. The lowest BCUT2D eigenvalue weighted by Gasteiger charge is -2.07. The third-order valence-electron chi connectivity index (χ3n) is 2.85. The van der Waals surface area contributed by atoms with Crippen molar-refractivity contribution in [2.75, 3.05) is 5.32 Å². The fraction of sp³-hybridized carbons (Fsp3) is 0.0714. The minimum Gasteiger partial charge on any atom is -0.395 e. The van der Waals surface area contributed by atoms with Gasteiger partial charge >= 0.3 is 6.29 Å². The first-order valence-corrected chi connectivity index (χ1v) is 6.01. The molecule has 0 unspecified atom stereocenters. The first-order chi connectivity index (χ1) is 10.4. The van der Waals surface area contributed by atoms with Gasteiger partial charge in [0, 0.05) is 11.8 Å². The number of hydrogen-bond donors (Lipinski definition) is 1. The third-order valence-corrected chi connectivity index (χ3v) is 2.85. The lowest BCUT2D eigenvalue weighted by molar-refractivity contribution is -0.286. The summed E-state index contributed by atoms with van der Waals surface area (Å²) < 4.78 is 61.1. The molecule has 2 aromatic carbocycles. The van der Waals surface area contributed by atoms with Crippen molar-refractivity contribution in [3.05, 3.63) is 53.6 Å². The molecule has 1 amide bonds. The van der Waals surface area contributed by atoms with Crippen LogP contribution in [0.2, 0.25) is 0 Å². The van der Waals surface area contributed by atoms with Gasteiger partial charge in [-0.05, 0) is 24.3 Å². The third kappa shape index (κ3) is 2.54. The highest BCUT2D eigenvalue weighted by atomic mass is 19.3. The molecule has 1 aliphatic rings. The number of ether oxygens (including phenoxy) is 2. The number of carbonyl (C=O) groups excluding carboxylic acids is 1. The molecular formula is C14H7F4NO3. The van der Waals surface area contributed by atoms with Crippen LogP contribution in [0.15, 0.2) is 36.4 Å². The maximum Gasteiger partial charge on any atom is 0.586 e. The van der Waals surface area contributed by atoms with Crippen LogP contribution < -0.4 is 14.8 Å². The van der Waals surface area contributed by atoms with Crippen LogP contribution in [0.5, 0.6) is 11.5 Å². The lowest BCUT2D eigenvalue weighted by atomic mass is 10.1. The molecule has 8 heteroatoms. The van der Waals surface area contributed by atoms with E-state index in [0.29, 0.717) is 0 Å². The Balaban J connectivity index is 1.85. The maximum atomic E-state index is 13.5. The van der Waals surface area contributed by atoms with Crippen molar-refractivity contribution in [2.24, 2.45) is 0 Å². The Morgan fingerprint density at radius 1 is 1.00 bits per heavy atom. The van der Waals surface area contributed by atoms with Crippen molar-refractivity contribution in [1.29, 1.82) is 0 Å². The Morgan fingerprint density at radius 3 is 2.32 bits per heavy atom. The minimum atomic E-state index is -3.79. The summed E-state index contributed by atoms with van der Waals surface area (Å²) in [6.07, 6.45) is -3.79. The highest BCUT2D eigenvalue weighted by molar-refractivity contribution is 6.04. The number of nitrogens with one attached hydrogen (secondary N) is 1. The topological polar surface area (TPSA) is 47.6 Å². The van der Waals surface area contributed by atoms with Crippen LogP contribution in [0.1, 0.15) is 10.4 Å². The molecule has 0 saturated heterocycles.